The number of benzene rings is 2. The van der Waals surface area contributed by atoms with E-state index in [4.69, 9.17) is 4.74 Å². The summed E-state index contributed by atoms with van der Waals surface area (Å²) in [5.41, 5.74) is 5.45. The molecule has 1 unspecified atom stereocenters. The maximum absolute atomic E-state index is 12.1. The van der Waals surface area contributed by atoms with Gasteiger partial charge < -0.3 is 4.74 Å². The van der Waals surface area contributed by atoms with Gasteiger partial charge in [0, 0.05) is 6.54 Å². The molecule has 0 aliphatic carbocycles. The predicted molar refractivity (Wildman–Crippen MR) is 92.1 cm³/mol. The minimum atomic E-state index is -0.284. The first-order valence-electron chi connectivity index (χ1n) is 7.80. The SMILES string of the molecule is C=C(c1ccc(C)c(C)c1)C1CN(Cc2ccccc2)C(=O)O1. The second-order valence-corrected chi connectivity index (χ2v) is 6.06. The highest BCUT2D eigenvalue weighted by Gasteiger charge is 2.33. The lowest BCUT2D eigenvalue weighted by molar-refractivity contribution is 0.146. The molecule has 23 heavy (non-hydrogen) atoms. The Labute approximate surface area is 137 Å². The quantitative estimate of drug-likeness (QED) is 0.841. The van der Waals surface area contributed by atoms with Gasteiger partial charge in [-0.2, -0.15) is 0 Å². The minimum Gasteiger partial charge on any atom is -0.439 e. The Morgan fingerprint density at radius 2 is 1.91 bits per heavy atom. The van der Waals surface area contributed by atoms with Crippen LogP contribution >= 0.6 is 0 Å². The van der Waals surface area contributed by atoms with Gasteiger partial charge in [-0.1, -0.05) is 55.1 Å². The summed E-state index contributed by atoms with van der Waals surface area (Å²) in [5.74, 6) is 0. The number of carbonyl (C=O) groups is 1. The lowest BCUT2D eigenvalue weighted by atomic mass is 9.98. The normalized spacial score (nSPS) is 17.2. The first kappa shape index (κ1) is 15.3. The molecule has 118 valence electrons. The number of nitrogens with zero attached hydrogens (tertiary/aromatic N) is 1. The van der Waals surface area contributed by atoms with Gasteiger partial charge in [0.1, 0.15) is 6.10 Å². The van der Waals surface area contributed by atoms with E-state index in [1.54, 1.807) is 4.90 Å². The molecule has 1 saturated heterocycles. The van der Waals surface area contributed by atoms with Gasteiger partial charge in [-0.15, -0.1) is 0 Å². The molecule has 0 N–H and O–H groups in total. The number of rotatable bonds is 4. The molecule has 1 aliphatic rings. The van der Waals surface area contributed by atoms with Crippen molar-refractivity contribution in [3.05, 3.63) is 77.4 Å². The fraction of sp³-hybridized carbons (Fsp3) is 0.250. The van der Waals surface area contributed by atoms with Crippen molar-refractivity contribution in [2.75, 3.05) is 6.54 Å². The van der Waals surface area contributed by atoms with Gasteiger partial charge in [-0.25, -0.2) is 4.79 Å². The zero-order valence-electron chi connectivity index (χ0n) is 13.6. The molecule has 0 aromatic heterocycles. The molecule has 3 rings (SSSR count). The van der Waals surface area contributed by atoms with Gasteiger partial charge in [0.25, 0.3) is 0 Å². The summed E-state index contributed by atoms with van der Waals surface area (Å²) in [6, 6.07) is 16.2. The third-order valence-electron chi connectivity index (χ3n) is 4.37. The number of aryl methyl sites for hydroxylation is 2. The van der Waals surface area contributed by atoms with Gasteiger partial charge in [0.2, 0.25) is 0 Å². The van der Waals surface area contributed by atoms with E-state index in [1.807, 2.05) is 36.4 Å². The first-order valence-corrected chi connectivity index (χ1v) is 7.80. The highest BCUT2D eigenvalue weighted by molar-refractivity contribution is 5.77. The lowest BCUT2D eigenvalue weighted by Gasteiger charge is -2.15. The van der Waals surface area contributed by atoms with Crippen molar-refractivity contribution < 1.29 is 9.53 Å². The van der Waals surface area contributed by atoms with Crippen LogP contribution in [0.5, 0.6) is 0 Å². The zero-order valence-corrected chi connectivity index (χ0v) is 13.6. The van der Waals surface area contributed by atoms with Crippen molar-refractivity contribution in [1.82, 2.24) is 4.90 Å². The molecule has 0 spiro atoms. The molecule has 1 amide bonds. The van der Waals surface area contributed by atoms with E-state index < -0.39 is 0 Å². The van der Waals surface area contributed by atoms with E-state index in [1.165, 1.54) is 11.1 Å². The van der Waals surface area contributed by atoms with E-state index in [0.717, 1.165) is 16.7 Å². The lowest BCUT2D eigenvalue weighted by Crippen LogP contribution is -2.24. The molecular weight excluding hydrogens is 286 g/mol. The second kappa shape index (κ2) is 6.29. The minimum absolute atomic E-state index is 0.274. The Morgan fingerprint density at radius 1 is 1.17 bits per heavy atom. The number of cyclic esters (lactones) is 1. The molecule has 2 aromatic carbocycles. The highest BCUT2D eigenvalue weighted by atomic mass is 16.6. The van der Waals surface area contributed by atoms with Crippen molar-refractivity contribution in [3.63, 3.8) is 0 Å². The Balaban J connectivity index is 1.71. The van der Waals surface area contributed by atoms with E-state index in [-0.39, 0.29) is 12.2 Å². The maximum atomic E-state index is 12.1. The number of hydrogen-bond acceptors (Lipinski definition) is 2. The Kier molecular flexibility index (Phi) is 4.20. The molecule has 1 fully saturated rings. The van der Waals surface area contributed by atoms with Gasteiger partial charge in [0.05, 0.1) is 6.54 Å². The standard InChI is InChI=1S/C20H21NO2/c1-14-9-10-18(11-15(14)2)16(3)19-13-21(20(22)23-19)12-17-7-5-4-6-8-17/h4-11,19H,3,12-13H2,1-2H3. The van der Waals surface area contributed by atoms with Gasteiger partial charge in [0.15, 0.2) is 0 Å². The first-order chi connectivity index (χ1) is 11.0. The molecule has 0 bridgehead atoms. The van der Waals surface area contributed by atoms with Gasteiger partial charge >= 0.3 is 6.09 Å². The topological polar surface area (TPSA) is 29.5 Å². The van der Waals surface area contributed by atoms with Crippen molar-refractivity contribution in [2.24, 2.45) is 0 Å². The zero-order chi connectivity index (χ0) is 16.4. The molecule has 0 radical (unpaired) electrons. The average Bonchev–Trinajstić information content (AvgIpc) is 2.91. The Morgan fingerprint density at radius 3 is 2.61 bits per heavy atom. The monoisotopic (exact) mass is 307 g/mol. The third kappa shape index (κ3) is 3.29. The predicted octanol–water partition coefficient (Wildman–Crippen LogP) is 4.34. The fourth-order valence-corrected chi connectivity index (χ4v) is 2.75. The van der Waals surface area contributed by atoms with Crippen molar-refractivity contribution in [2.45, 2.75) is 26.5 Å². The van der Waals surface area contributed by atoms with E-state index in [9.17, 15) is 4.79 Å². The number of amides is 1. The van der Waals surface area contributed by atoms with Crippen molar-refractivity contribution >= 4 is 11.7 Å². The van der Waals surface area contributed by atoms with E-state index >= 15 is 0 Å². The van der Waals surface area contributed by atoms with Crippen LogP contribution in [-0.2, 0) is 11.3 Å². The third-order valence-corrected chi connectivity index (χ3v) is 4.37. The van der Waals surface area contributed by atoms with Crippen LogP contribution in [0.15, 0.2) is 55.1 Å². The average molecular weight is 307 g/mol. The molecule has 2 aromatic rings. The van der Waals surface area contributed by atoms with E-state index in [2.05, 4.69) is 32.6 Å². The Hall–Kier alpha value is -2.55. The fourth-order valence-electron chi connectivity index (χ4n) is 2.75. The number of carbonyl (C=O) groups excluding carboxylic acids is 1. The molecule has 1 atom stereocenters. The summed E-state index contributed by atoms with van der Waals surface area (Å²) in [7, 11) is 0. The summed E-state index contributed by atoms with van der Waals surface area (Å²) < 4.78 is 5.52. The van der Waals surface area contributed by atoms with Crippen molar-refractivity contribution in [1.29, 1.82) is 0 Å². The molecule has 3 heteroatoms. The van der Waals surface area contributed by atoms with Crippen LogP contribution in [-0.4, -0.2) is 23.6 Å². The molecule has 1 aliphatic heterocycles. The van der Waals surface area contributed by atoms with Crippen LogP contribution in [0.3, 0.4) is 0 Å². The van der Waals surface area contributed by atoms with Crippen molar-refractivity contribution in [3.8, 4) is 0 Å². The van der Waals surface area contributed by atoms with Crippen LogP contribution in [0.2, 0.25) is 0 Å². The van der Waals surface area contributed by atoms with Gasteiger partial charge in [-0.3, -0.25) is 4.90 Å². The molecular formula is C20H21NO2. The van der Waals surface area contributed by atoms with Crippen LogP contribution in [0.25, 0.3) is 5.57 Å². The summed E-state index contributed by atoms with van der Waals surface area (Å²) >= 11 is 0. The summed E-state index contributed by atoms with van der Waals surface area (Å²) in [5, 5.41) is 0. The van der Waals surface area contributed by atoms with Crippen LogP contribution < -0.4 is 0 Å². The Bertz CT molecular complexity index is 737. The largest absolute Gasteiger partial charge is 0.439 e. The second-order valence-electron chi connectivity index (χ2n) is 6.06. The molecule has 3 nitrogen and oxygen atoms in total. The summed E-state index contributed by atoms with van der Waals surface area (Å²) in [4.78, 5) is 13.8. The number of hydrogen-bond donors (Lipinski definition) is 0. The molecule has 1 heterocycles. The van der Waals surface area contributed by atoms with Crippen LogP contribution in [0.4, 0.5) is 4.79 Å². The van der Waals surface area contributed by atoms with Gasteiger partial charge in [-0.05, 0) is 41.7 Å². The molecule has 0 saturated carbocycles. The van der Waals surface area contributed by atoms with Crippen LogP contribution in [0.1, 0.15) is 22.3 Å². The highest BCUT2D eigenvalue weighted by Crippen LogP contribution is 2.27. The summed E-state index contributed by atoms with van der Waals surface area (Å²) in [6.45, 7) is 9.42. The van der Waals surface area contributed by atoms with Crippen LogP contribution in [0, 0.1) is 13.8 Å². The maximum Gasteiger partial charge on any atom is 0.410 e. The van der Waals surface area contributed by atoms with E-state index in [0.29, 0.717) is 13.1 Å². The smallest absolute Gasteiger partial charge is 0.410 e. The number of ether oxygens (including phenoxy) is 1. The summed E-state index contributed by atoms with van der Waals surface area (Å²) in [6.07, 6.45) is -0.558.